The molecule has 0 amide bonds. The number of carbonyl (C=O) groups is 2. The molecule has 0 saturated carbocycles. The summed E-state index contributed by atoms with van der Waals surface area (Å²) in [5.74, 6) is -4.04. The van der Waals surface area contributed by atoms with Gasteiger partial charge in [0.1, 0.15) is 0 Å². The van der Waals surface area contributed by atoms with E-state index in [9.17, 15) is 33.6 Å². The van der Waals surface area contributed by atoms with Crippen LogP contribution in [0.4, 0.5) is 0 Å². The Hall–Kier alpha value is -0.800. The van der Waals surface area contributed by atoms with E-state index in [-0.39, 0.29) is 0 Å². The summed E-state index contributed by atoms with van der Waals surface area (Å²) in [6.45, 7) is 3.66. The Morgan fingerprint density at radius 1 is 1.08 bits per heavy atom. The molecular formula is C11H23NO10P2. The van der Waals surface area contributed by atoms with Gasteiger partial charge < -0.3 is 35.1 Å². The minimum Gasteiger partial charge on any atom is -0.481 e. The Labute approximate surface area is 138 Å². The Balaban J connectivity index is 5.95. The van der Waals surface area contributed by atoms with Gasteiger partial charge in [0.2, 0.25) is 0 Å². The highest BCUT2D eigenvalue weighted by Crippen LogP contribution is 2.59. The summed E-state index contributed by atoms with van der Waals surface area (Å²) >= 11 is 0. The van der Waals surface area contributed by atoms with Gasteiger partial charge in [-0.3, -0.25) is 18.7 Å². The SMILES string of the molecule is CCCNC(C)CC(CC(C(=O)O)P(=O)(O)O)(C(=O)O)P(=O)(O)O. The van der Waals surface area contributed by atoms with Crippen molar-refractivity contribution in [1.82, 2.24) is 5.32 Å². The van der Waals surface area contributed by atoms with Crippen molar-refractivity contribution in [1.29, 1.82) is 0 Å². The van der Waals surface area contributed by atoms with Crippen molar-refractivity contribution in [2.24, 2.45) is 0 Å². The lowest BCUT2D eigenvalue weighted by Gasteiger charge is -2.34. The molecule has 0 aromatic rings. The number of nitrogens with one attached hydrogen (secondary N) is 1. The van der Waals surface area contributed by atoms with Crippen molar-refractivity contribution in [2.75, 3.05) is 6.54 Å². The smallest absolute Gasteiger partial charge is 0.342 e. The van der Waals surface area contributed by atoms with E-state index in [2.05, 4.69) is 5.32 Å². The number of carboxylic acid groups (broad SMARTS) is 2. The number of rotatable bonds is 11. The molecule has 3 unspecified atom stereocenters. The molecule has 0 saturated heterocycles. The van der Waals surface area contributed by atoms with Gasteiger partial charge in [-0.15, -0.1) is 0 Å². The lowest BCUT2D eigenvalue weighted by Crippen LogP contribution is -2.47. The molecule has 142 valence electrons. The van der Waals surface area contributed by atoms with Crippen LogP contribution in [0.5, 0.6) is 0 Å². The molecule has 7 N–H and O–H groups in total. The van der Waals surface area contributed by atoms with Crippen molar-refractivity contribution in [3.63, 3.8) is 0 Å². The minimum absolute atomic E-state index is 0.416. The molecule has 3 atom stereocenters. The molecule has 0 aromatic carbocycles. The van der Waals surface area contributed by atoms with E-state index >= 15 is 0 Å². The summed E-state index contributed by atoms with van der Waals surface area (Å²) < 4.78 is 23.1. The van der Waals surface area contributed by atoms with E-state index in [4.69, 9.17) is 14.9 Å². The van der Waals surface area contributed by atoms with Gasteiger partial charge >= 0.3 is 27.1 Å². The van der Waals surface area contributed by atoms with E-state index in [1.807, 2.05) is 0 Å². The van der Waals surface area contributed by atoms with Crippen LogP contribution in [0, 0.1) is 0 Å². The predicted octanol–water partition coefficient (Wildman–Crippen LogP) is -0.213. The molecule has 13 heteroatoms. The van der Waals surface area contributed by atoms with Gasteiger partial charge in [-0.25, -0.2) is 0 Å². The Morgan fingerprint density at radius 2 is 1.58 bits per heavy atom. The first-order valence-electron chi connectivity index (χ1n) is 6.99. The monoisotopic (exact) mass is 391 g/mol. The third-order valence-corrected chi connectivity index (χ3v) is 6.45. The third kappa shape index (κ3) is 5.93. The summed E-state index contributed by atoms with van der Waals surface area (Å²) in [7, 11) is -10.8. The minimum atomic E-state index is -5.46. The van der Waals surface area contributed by atoms with Crippen LogP contribution in [0.25, 0.3) is 0 Å². The summed E-state index contributed by atoms with van der Waals surface area (Å²) in [6, 6.07) is -0.736. The molecule has 0 bridgehead atoms. The Bertz CT molecular complexity index is 555. The van der Waals surface area contributed by atoms with Crippen LogP contribution in [-0.2, 0) is 18.7 Å². The first-order valence-corrected chi connectivity index (χ1v) is 10.3. The maximum absolute atomic E-state index is 11.8. The molecule has 0 aromatic heterocycles. The normalized spacial score (nSPS) is 17.8. The average molecular weight is 391 g/mol. The van der Waals surface area contributed by atoms with Crippen LogP contribution in [0.2, 0.25) is 0 Å². The largest absolute Gasteiger partial charge is 0.481 e. The molecular weight excluding hydrogens is 368 g/mol. The quantitative estimate of drug-likeness (QED) is 0.230. The van der Waals surface area contributed by atoms with E-state index in [0.717, 1.165) is 0 Å². The molecule has 0 heterocycles. The van der Waals surface area contributed by atoms with E-state index in [1.54, 1.807) is 6.92 Å². The standard InChI is InChI=1S/C11H23NO10P2/c1-3-4-12-7(2)5-11(10(15)16,24(20,21)22)6-8(9(13)14)23(17,18)19/h7-8,12H,3-6H2,1-2H3,(H,13,14)(H,15,16)(H2,17,18,19)(H2,20,21,22). The first kappa shape index (κ1) is 23.2. The van der Waals surface area contributed by atoms with Crippen molar-refractivity contribution >= 4 is 27.1 Å². The molecule has 0 aliphatic heterocycles. The summed E-state index contributed by atoms with van der Waals surface area (Å²) in [5.41, 5.74) is -2.54. The van der Waals surface area contributed by atoms with Crippen LogP contribution < -0.4 is 5.32 Å². The predicted molar refractivity (Wildman–Crippen MR) is 82.9 cm³/mol. The fourth-order valence-corrected chi connectivity index (χ4v) is 4.42. The van der Waals surface area contributed by atoms with Crippen molar-refractivity contribution < 1.29 is 48.5 Å². The second-order valence-electron chi connectivity index (χ2n) is 5.59. The third-order valence-electron chi connectivity index (χ3n) is 3.56. The molecule has 11 nitrogen and oxygen atoms in total. The average Bonchev–Trinajstić information content (AvgIpc) is 2.37. The van der Waals surface area contributed by atoms with Gasteiger partial charge in [-0.2, -0.15) is 0 Å². The molecule has 0 aliphatic carbocycles. The second-order valence-corrected chi connectivity index (χ2v) is 9.33. The van der Waals surface area contributed by atoms with Gasteiger partial charge in [0.05, 0.1) is 0 Å². The van der Waals surface area contributed by atoms with E-state index in [1.165, 1.54) is 6.92 Å². The maximum atomic E-state index is 11.8. The topological polar surface area (TPSA) is 202 Å². The fraction of sp³-hybridized carbons (Fsp3) is 0.818. The van der Waals surface area contributed by atoms with Crippen LogP contribution in [0.15, 0.2) is 0 Å². The zero-order chi connectivity index (χ0) is 19.3. The summed E-state index contributed by atoms with van der Waals surface area (Å²) in [6.07, 6.45) is -1.44. The lowest BCUT2D eigenvalue weighted by atomic mass is 9.94. The van der Waals surface area contributed by atoms with Crippen molar-refractivity contribution in [2.45, 2.75) is 50.0 Å². The molecule has 0 radical (unpaired) electrons. The van der Waals surface area contributed by atoms with Gasteiger partial charge in [0, 0.05) is 6.04 Å². The zero-order valence-electron chi connectivity index (χ0n) is 13.2. The summed E-state index contributed by atoms with van der Waals surface area (Å²) in [4.78, 5) is 59.9. The van der Waals surface area contributed by atoms with Gasteiger partial charge in [0.25, 0.3) is 0 Å². The number of hydrogen-bond acceptors (Lipinski definition) is 5. The Kier molecular flexibility index (Phi) is 8.25. The molecule has 0 fully saturated rings. The molecule has 0 rings (SSSR count). The van der Waals surface area contributed by atoms with E-state index in [0.29, 0.717) is 13.0 Å². The van der Waals surface area contributed by atoms with Crippen molar-refractivity contribution in [3.05, 3.63) is 0 Å². The Morgan fingerprint density at radius 3 is 1.88 bits per heavy atom. The second kappa shape index (κ2) is 8.53. The highest BCUT2D eigenvalue weighted by atomic mass is 31.2. The van der Waals surface area contributed by atoms with Crippen LogP contribution >= 0.6 is 15.2 Å². The first-order chi connectivity index (χ1) is 10.7. The number of aliphatic carboxylic acids is 2. The zero-order valence-corrected chi connectivity index (χ0v) is 15.0. The number of hydrogen-bond donors (Lipinski definition) is 7. The molecule has 0 aliphatic rings. The highest BCUT2D eigenvalue weighted by Gasteiger charge is 2.58. The lowest BCUT2D eigenvalue weighted by molar-refractivity contribution is -0.142. The van der Waals surface area contributed by atoms with Crippen LogP contribution in [-0.4, -0.2) is 65.1 Å². The molecule has 0 spiro atoms. The number of carboxylic acids is 2. The maximum Gasteiger partial charge on any atom is 0.342 e. The fourth-order valence-electron chi connectivity index (χ4n) is 2.26. The highest BCUT2D eigenvalue weighted by molar-refractivity contribution is 7.55. The van der Waals surface area contributed by atoms with E-state index < -0.39 is 56.8 Å². The van der Waals surface area contributed by atoms with Crippen LogP contribution in [0.3, 0.4) is 0 Å². The summed E-state index contributed by atoms with van der Waals surface area (Å²) in [5, 5.41) is 18.2. The van der Waals surface area contributed by atoms with Gasteiger partial charge in [-0.05, 0) is 32.7 Å². The molecule has 24 heavy (non-hydrogen) atoms. The van der Waals surface area contributed by atoms with Crippen molar-refractivity contribution in [3.8, 4) is 0 Å². The van der Waals surface area contributed by atoms with Crippen LogP contribution in [0.1, 0.15) is 33.1 Å². The van der Waals surface area contributed by atoms with Gasteiger partial charge in [-0.1, -0.05) is 6.92 Å². The van der Waals surface area contributed by atoms with Gasteiger partial charge in [0.15, 0.2) is 10.8 Å².